The molecule has 0 saturated heterocycles. The Hall–Kier alpha value is -4.86. The van der Waals surface area contributed by atoms with Gasteiger partial charge in [0.15, 0.2) is 17.2 Å². The molecule has 0 N–H and O–H groups in total. The lowest BCUT2D eigenvalue weighted by Gasteiger charge is -2.30. The van der Waals surface area contributed by atoms with Crippen LogP contribution in [0.3, 0.4) is 0 Å². The second kappa shape index (κ2) is 11.9. The topological polar surface area (TPSA) is 68.1 Å². The second-order valence-corrected chi connectivity index (χ2v) is 13.2. The lowest BCUT2D eigenvalue weighted by molar-refractivity contribution is -0.134. The molecule has 0 fully saturated rings. The zero-order chi connectivity index (χ0) is 28.9. The van der Waals surface area contributed by atoms with Crippen molar-refractivity contribution in [3.05, 3.63) is 151 Å². The molecule has 0 saturated carbocycles. The number of rotatable bonds is 7. The number of benzene rings is 5. The summed E-state index contributed by atoms with van der Waals surface area (Å²) in [7, 11) is 0. The lowest BCUT2D eigenvalue weighted by Crippen LogP contribution is -2.33. The van der Waals surface area contributed by atoms with E-state index in [4.69, 9.17) is 15.0 Å². The highest BCUT2D eigenvalue weighted by Gasteiger charge is 2.36. The summed E-state index contributed by atoms with van der Waals surface area (Å²) in [5.41, 5.74) is 3.35. The highest BCUT2D eigenvalue weighted by molar-refractivity contribution is 7.96. The predicted molar refractivity (Wildman–Crippen MR) is 171 cm³/mol. The van der Waals surface area contributed by atoms with E-state index in [1.54, 1.807) is 6.92 Å². The Morgan fingerprint density at radius 1 is 0.643 bits per heavy atom. The van der Waals surface area contributed by atoms with Gasteiger partial charge in [-0.2, -0.15) is 5.11 Å². The number of hydrogen-bond donors (Lipinski definition) is 0. The first-order valence-corrected chi connectivity index (χ1v) is 15.7. The van der Waals surface area contributed by atoms with E-state index in [-0.39, 0.29) is 17.8 Å². The molecular formula is C36H29N2O3P. The van der Waals surface area contributed by atoms with Crippen LogP contribution in [0.25, 0.3) is 11.1 Å². The van der Waals surface area contributed by atoms with Crippen LogP contribution in [0.15, 0.2) is 150 Å². The summed E-state index contributed by atoms with van der Waals surface area (Å²) in [6.45, 7) is -0.965. The molecule has 0 bridgehead atoms. The molecule has 1 aliphatic carbocycles. The Labute approximate surface area is 245 Å². The third-order valence-electron chi connectivity index (χ3n) is 7.46. The van der Waals surface area contributed by atoms with Gasteiger partial charge >= 0.3 is 5.97 Å². The van der Waals surface area contributed by atoms with Gasteiger partial charge < -0.3 is 4.74 Å². The highest BCUT2D eigenvalue weighted by atomic mass is 31.2. The molecular weight excluding hydrogens is 539 g/mol. The number of ether oxygens (including phenoxy) is 1. The van der Waals surface area contributed by atoms with E-state index >= 15 is 0 Å². The molecule has 6 heteroatoms. The van der Waals surface area contributed by atoms with Gasteiger partial charge in [0.25, 0.3) is 0 Å². The first kappa shape index (κ1) is 27.3. The standard InChI is InChI=1S/C36H29N2O3P/c1-2-41-36(40)35(38-37-33-31-24-14-12-22-29(31)30-23-13-15-25-32(30)34(33)39)42(26-16-6-3-7-17-26,27-18-8-4-9-19-27)28-20-10-5-11-21-28/h3-25,33H,2H2,1H3. The van der Waals surface area contributed by atoms with Gasteiger partial charge in [-0.1, -0.05) is 140 Å². The fourth-order valence-corrected chi connectivity index (χ4v) is 9.65. The van der Waals surface area contributed by atoms with Crippen LogP contribution in [-0.2, 0) is 9.53 Å². The van der Waals surface area contributed by atoms with E-state index in [9.17, 15) is 9.59 Å². The molecule has 6 rings (SSSR count). The van der Waals surface area contributed by atoms with Gasteiger partial charge in [0.05, 0.1) is 6.61 Å². The quantitative estimate of drug-likeness (QED) is 0.124. The number of carbonyl (C=O) groups excluding carboxylic acids is 2. The smallest absolute Gasteiger partial charge is 0.359 e. The van der Waals surface area contributed by atoms with Crippen LogP contribution >= 0.6 is 6.89 Å². The minimum absolute atomic E-state index is 0.153. The zero-order valence-corrected chi connectivity index (χ0v) is 24.0. The Kier molecular flexibility index (Phi) is 7.76. The Morgan fingerprint density at radius 3 is 1.62 bits per heavy atom. The molecule has 0 aliphatic heterocycles. The van der Waals surface area contributed by atoms with Gasteiger partial charge in [0.2, 0.25) is 0 Å². The SMILES string of the molecule is CCOC(=O)C(N=NC1C(=O)c2ccccc2-c2ccccc21)=P(c1ccccc1)(c1ccccc1)c1ccccc1. The Morgan fingerprint density at radius 2 is 1.10 bits per heavy atom. The number of Topliss-reactive ketones (excluding diaryl/α,β-unsaturated/α-hetero) is 1. The monoisotopic (exact) mass is 568 g/mol. The van der Waals surface area contributed by atoms with Crippen molar-refractivity contribution in [2.24, 2.45) is 10.2 Å². The van der Waals surface area contributed by atoms with Crippen molar-refractivity contribution in [1.29, 1.82) is 0 Å². The van der Waals surface area contributed by atoms with Gasteiger partial charge in [-0.15, -0.1) is 5.11 Å². The first-order valence-electron chi connectivity index (χ1n) is 13.9. The van der Waals surface area contributed by atoms with Crippen molar-refractivity contribution in [2.75, 3.05) is 6.61 Å². The van der Waals surface area contributed by atoms with E-state index in [2.05, 4.69) is 0 Å². The number of nitrogens with zero attached hydrogens (tertiary/aromatic N) is 2. The summed E-state index contributed by atoms with van der Waals surface area (Å²) >= 11 is 0. The highest BCUT2D eigenvalue weighted by Crippen LogP contribution is 2.47. The molecule has 0 amide bonds. The van der Waals surface area contributed by atoms with Crippen molar-refractivity contribution >= 4 is 40.0 Å². The Bertz CT molecular complexity index is 1730. The van der Waals surface area contributed by atoms with Crippen molar-refractivity contribution in [3.8, 4) is 11.1 Å². The van der Waals surface area contributed by atoms with Crippen LogP contribution < -0.4 is 15.9 Å². The average Bonchev–Trinajstić information content (AvgIpc) is 3.05. The third-order valence-corrected chi connectivity index (χ3v) is 11.6. The summed E-state index contributed by atoms with van der Waals surface area (Å²) in [6.07, 6.45) is 0. The lowest BCUT2D eigenvalue weighted by atomic mass is 9.82. The number of hydrogen-bond acceptors (Lipinski definition) is 4. The number of carbonyl (C=O) groups is 2. The maximum atomic E-state index is 14.0. The molecule has 1 aliphatic rings. The van der Waals surface area contributed by atoms with E-state index in [0.717, 1.165) is 32.6 Å². The van der Waals surface area contributed by atoms with Gasteiger partial charge in [0, 0.05) is 12.4 Å². The van der Waals surface area contributed by atoms with Crippen LogP contribution in [0.5, 0.6) is 0 Å². The maximum Gasteiger partial charge on any atom is 0.359 e. The van der Waals surface area contributed by atoms with Crippen LogP contribution in [0.1, 0.15) is 28.9 Å². The Balaban J connectivity index is 1.69. The van der Waals surface area contributed by atoms with Crippen LogP contribution in [0, 0.1) is 0 Å². The third kappa shape index (κ3) is 4.72. The molecule has 206 valence electrons. The summed E-state index contributed by atoms with van der Waals surface area (Å²) in [6, 6.07) is 44.2. The van der Waals surface area contributed by atoms with Crippen molar-refractivity contribution in [2.45, 2.75) is 13.0 Å². The summed E-state index contributed by atoms with van der Waals surface area (Å²) in [5, 5.41) is 12.3. The minimum Gasteiger partial charge on any atom is -0.461 e. The molecule has 0 heterocycles. The average molecular weight is 569 g/mol. The fourth-order valence-electron chi connectivity index (χ4n) is 5.64. The van der Waals surface area contributed by atoms with Crippen molar-refractivity contribution < 1.29 is 14.3 Å². The van der Waals surface area contributed by atoms with Gasteiger partial charge in [-0.05, 0) is 39.5 Å². The molecule has 1 unspecified atom stereocenters. The molecule has 5 nitrogen and oxygen atoms in total. The minimum atomic E-state index is -2.92. The van der Waals surface area contributed by atoms with E-state index in [1.165, 1.54) is 0 Å². The molecule has 0 spiro atoms. The molecule has 0 radical (unpaired) electrons. The summed E-state index contributed by atoms with van der Waals surface area (Å²) in [5.74, 6) is -0.706. The predicted octanol–water partition coefficient (Wildman–Crippen LogP) is 6.73. The number of esters is 1. The normalized spacial score (nSPS) is 14.2. The molecule has 1 atom stereocenters. The van der Waals surface area contributed by atoms with Crippen LogP contribution in [-0.4, -0.2) is 23.8 Å². The van der Waals surface area contributed by atoms with E-state index in [1.807, 2.05) is 140 Å². The summed E-state index contributed by atoms with van der Waals surface area (Å²) in [4.78, 5) is 27.9. The molecule has 5 aromatic rings. The molecule has 5 aromatic carbocycles. The number of ketones is 1. The first-order chi connectivity index (χ1) is 20.7. The van der Waals surface area contributed by atoms with E-state index < -0.39 is 18.9 Å². The maximum absolute atomic E-state index is 14.0. The van der Waals surface area contributed by atoms with Crippen LogP contribution in [0.4, 0.5) is 0 Å². The fraction of sp³-hybridized carbons (Fsp3) is 0.0833. The van der Waals surface area contributed by atoms with E-state index in [0.29, 0.717) is 5.56 Å². The number of fused-ring (bicyclic) bond motifs is 3. The number of azo groups is 1. The second-order valence-electron chi connectivity index (χ2n) is 9.84. The summed E-state index contributed by atoms with van der Waals surface area (Å²) < 4.78 is 5.68. The van der Waals surface area contributed by atoms with Gasteiger partial charge in [0.1, 0.15) is 0 Å². The largest absolute Gasteiger partial charge is 0.461 e. The van der Waals surface area contributed by atoms with Gasteiger partial charge in [-0.25, -0.2) is 4.79 Å². The molecule has 0 aromatic heterocycles. The van der Waals surface area contributed by atoms with Gasteiger partial charge in [-0.3, -0.25) is 4.79 Å². The van der Waals surface area contributed by atoms with Crippen molar-refractivity contribution in [1.82, 2.24) is 0 Å². The van der Waals surface area contributed by atoms with Crippen LogP contribution in [0.2, 0.25) is 0 Å². The molecule has 42 heavy (non-hydrogen) atoms. The van der Waals surface area contributed by atoms with Crippen molar-refractivity contribution in [3.63, 3.8) is 0 Å². The zero-order valence-electron chi connectivity index (χ0n) is 23.1.